The number of carbonyl (C=O) groups excluding carboxylic acids is 1. The van der Waals surface area contributed by atoms with Gasteiger partial charge < -0.3 is 28.8 Å². The summed E-state index contributed by atoms with van der Waals surface area (Å²) in [5.74, 6) is 1.15. The van der Waals surface area contributed by atoms with E-state index < -0.39 is 5.91 Å². The van der Waals surface area contributed by atoms with Gasteiger partial charge in [0.25, 0.3) is 5.91 Å². The molecule has 9 nitrogen and oxygen atoms in total. The highest BCUT2D eigenvalue weighted by molar-refractivity contribution is 5.96. The number of ether oxygens (including phenoxy) is 5. The lowest BCUT2D eigenvalue weighted by atomic mass is 10.1. The topological polar surface area (TPSA) is 108 Å². The van der Waals surface area contributed by atoms with Gasteiger partial charge in [-0.05, 0) is 45.0 Å². The number of methoxy groups -OCH3 is 2. The molecule has 0 aliphatic rings. The van der Waals surface area contributed by atoms with Crippen LogP contribution in [0.4, 0.5) is 0 Å². The van der Waals surface area contributed by atoms with E-state index in [2.05, 4.69) is 10.5 Å². The third-order valence-electron chi connectivity index (χ3n) is 4.05. The van der Waals surface area contributed by atoms with Gasteiger partial charge in [0.1, 0.15) is 0 Å². The van der Waals surface area contributed by atoms with Crippen LogP contribution in [-0.2, 0) is 0 Å². The lowest BCUT2D eigenvalue weighted by Gasteiger charge is -2.16. The van der Waals surface area contributed by atoms with E-state index in [1.54, 1.807) is 24.3 Å². The number of hydrogen-bond donors (Lipinski definition) is 2. The van der Waals surface area contributed by atoms with E-state index in [0.717, 1.165) is 0 Å². The molecule has 0 unspecified atom stereocenters. The number of nitrogens with one attached hydrogen (secondary N) is 1. The van der Waals surface area contributed by atoms with Crippen molar-refractivity contribution in [3.63, 3.8) is 0 Å². The van der Waals surface area contributed by atoms with Crippen molar-refractivity contribution < 1.29 is 33.6 Å². The number of hydrogen-bond acceptors (Lipinski definition) is 8. The fourth-order valence-corrected chi connectivity index (χ4v) is 2.74. The molecule has 0 radical (unpaired) electrons. The van der Waals surface area contributed by atoms with Crippen LogP contribution in [0.1, 0.15) is 36.7 Å². The first kappa shape index (κ1) is 23.7. The SMILES string of the molecule is CCOc1cc(C(=O)NN=Cc2cc(OC)c(O)c(OC)c2)cc(OCC)c1OCC. The Morgan fingerprint density at radius 1 is 0.903 bits per heavy atom. The largest absolute Gasteiger partial charge is 0.502 e. The van der Waals surface area contributed by atoms with Crippen LogP contribution in [-0.4, -0.2) is 51.3 Å². The van der Waals surface area contributed by atoms with Crippen molar-refractivity contribution in [3.05, 3.63) is 35.4 Å². The van der Waals surface area contributed by atoms with Gasteiger partial charge in [-0.1, -0.05) is 0 Å². The van der Waals surface area contributed by atoms with E-state index in [9.17, 15) is 9.90 Å². The van der Waals surface area contributed by atoms with Gasteiger partial charge >= 0.3 is 0 Å². The molecule has 0 aliphatic heterocycles. The van der Waals surface area contributed by atoms with E-state index in [4.69, 9.17) is 23.7 Å². The van der Waals surface area contributed by atoms with E-state index in [1.807, 2.05) is 20.8 Å². The minimum atomic E-state index is -0.459. The van der Waals surface area contributed by atoms with Gasteiger partial charge in [-0.2, -0.15) is 5.10 Å². The second kappa shape index (κ2) is 11.5. The summed E-state index contributed by atoms with van der Waals surface area (Å²) < 4.78 is 27.1. The standard InChI is InChI=1S/C22H28N2O7/c1-6-29-18-11-15(12-19(30-7-2)21(18)31-8-3)22(26)24-23-13-14-9-16(27-4)20(25)17(10-14)28-5/h9-13,25H,6-8H2,1-5H3,(H,24,26). The van der Waals surface area contributed by atoms with Crippen LogP contribution in [0.5, 0.6) is 34.5 Å². The Labute approximate surface area is 181 Å². The molecule has 31 heavy (non-hydrogen) atoms. The van der Waals surface area contributed by atoms with Gasteiger partial charge in [0.05, 0.1) is 40.3 Å². The molecule has 2 rings (SSSR count). The highest BCUT2D eigenvalue weighted by Crippen LogP contribution is 2.39. The van der Waals surface area contributed by atoms with E-state index in [0.29, 0.717) is 48.2 Å². The summed E-state index contributed by atoms with van der Waals surface area (Å²) in [7, 11) is 2.85. The van der Waals surface area contributed by atoms with Crippen LogP contribution in [0.25, 0.3) is 0 Å². The van der Waals surface area contributed by atoms with Gasteiger partial charge in [-0.25, -0.2) is 5.43 Å². The van der Waals surface area contributed by atoms with Gasteiger partial charge in [0.15, 0.2) is 23.0 Å². The maximum atomic E-state index is 12.7. The van der Waals surface area contributed by atoms with Crippen molar-refractivity contribution in [1.29, 1.82) is 0 Å². The minimum Gasteiger partial charge on any atom is -0.502 e. The van der Waals surface area contributed by atoms with Gasteiger partial charge in [-0.15, -0.1) is 0 Å². The van der Waals surface area contributed by atoms with Crippen LogP contribution in [0.15, 0.2) is 29.4 Å². The minimum absolute atomic E-state index is 0.118. The van der Waals surface area contributed by atoms with E-state index >= 15 is 0 Å². The number of amides is 1. The highest BCUT2D eigenvalue weighted by Gasteiger charge is 2.18. The first-order chi connectivity index (χ1) is 15.0. The second-order valence-electron chi connectivity index (χ2n) is 6.07. The Hall–Kier alpha value is -3.62. The summed E-state index contributed by atoms with van der Waals surface area (Å²) in [6.07, 6.45) is 1.41. The van der Waals surface area contributed by atoms with Crippen LogP contribution in [0.2, 0.25) is 0 Å². The smallest absolute Gasteiger partial charge is 0.271 e. The maximum Gasteiger partial charge on any atom is 0.271 e. The summed E-state index contributed by atoms with van der Waals surface area (Å²) >= 11 is 0. The van der Waals surface area contributed by atoms with Crippen LogP contribution in [0.3, 0.4) is 0 Å². The molecular weight excluding hydrogens is 404 g/mol. The Bertz CT molecular complexity index is 876. The van der Waals surface area contributed by atoms with Crippen molar-refractivity contribution in [2.24, 2.45) is 5.10 Å². The third-order valence-corrected chi connectivity index (χ3v) is 4.05. The summed E-state index contributed by atoms with van der Waals surface area (Å²) in [4.78, 5) is 12.7. The van der Waals surface area contributed by atoms with Crippen molar-refractivity contribution in [2.75, 3.05) is 34.0 Å². The molecule has 0 atom stereocenters. The Morgan fingerprint density at radius 3 is 1.87 bits per heavy atom. The number of rotatable bonds is 11. The lowest BCUT2D eigenvalue weighted by molar-refractivity contribution is 0.0954. The highest BCUT2D eigenvalue weighted by atomic mass is 16.5. The van der Waals surface area contributed by atoms with Gasteiger partial charge in [-0.3, -0.25) is 4.79 Å². The quantitative estimate of drug-likeness (QED) is 0.414. The molecule has 2 aromatic rings. The second-order valence-corrected chi connectivity index (χ2v) is 6.07. The summed E-state index contributed by atoms with van der Waals surface area (Å²) in [5.41, 5.74) is 3.32. The zero-order valence-electron chi connectivity index (χ0n) is 18.4. The molecule has 0 fully saturated rings. The summed E-state index contributed by atoms with van der Waals surface area (Å²) in [6.45, 7) is 6.77. The van der Waals surface area contributed by atoms with Gasteiger partial charge in [0, 0.05) is 11.1 Å². The fraction of sp³-hybridized carbons (Fsp3) is 0.364. The number of aromatic hydroxyl groups is 1. The monoisotopic (exact) mass is 432 g/mol. The van der Waals surface area contributed by atoms with E-state index in [-0.39, 0.29) is 17.2 Å². The van der Waals surface area contributed by atoms with E-state index in [1.165, 1.54) is 20.4 Å². The predicted molar refractivity (Wildman–Crippen MR) is 116 cm³/mol. The molecule has 2 aromatic carbocycles. The summed E-state index contributed by atoms with van der Waals surface area (Å²) in [6, 6.07) is 6.28. The lowest BCUT2D eigenvalue weighted by Crippen LogP contribution is -2.18. The molecule has 168 valence electrons. The van der Waals surface area contributed by atoms with Crippen LogP contribution >= 0.6 is 0 Å². The first-order valence-electron chi connectivity index (χ1n) is 9.83. The number of hydrazone groups is 1. The molecule has 0 aromatic heterocycles. The van der Waals surface area contributed by atoms with Crippen molar-refractivity contribution in [1.82, 2.24) is 5.43 Å². The average molecular weight is 432 g/mol. The molecule has 0 saturated heterocycles. The maximum absolute atomic E-state index is 12.7. The first-order valence-corrected chi connectivity index (χ1v) is 9.83. The molecule has 1 amide bonds. The average Bonchev–Trinajstić information content (AvgIpc) is 2.76. The molecule has 0 spiro atoms. The molecule has 0 heterocycles. The number of phenols is 1. The molecule has 9 heteroatoms. The third kappa shape index (κ3) is 5.94. The van der Waals surface area contributed by atoms with Crippen molar-refractivity contribution in [2.45, 2.75) is 20.8 Å². The molecular formula is C22H28N2O7. The number of nitrogens with zero attached hydrogens (tertiary/aromatic N) is 1. The molecule has 0 aliphatic carbocycles. The predicted octanol–water partition coefficient (Wildman–Crippen LogP) is 3.37. The number of carbonyl (C=O) groups is 1. The Kier molecular flexibility index (Phi) is 8.80. The van der Waals surface area contributed by atoms with Crippen LogP contribution < -0.4 is 29.1 Å². The molecule has 0 saturated carbocycles. The Morgan fingerprint density at radius 2 is 1.42 bits per heavy atom. The molecule has 2 N–H and O–H groups in total. The van der Waals surface area contributed by atoms with Crippen molar-refractivity contribution in [3.8, 4) is 34.5 Å². The zero-order chi connectivity index (χ0) is 22.8. The summed E-state index contributed by atoms with van der Waals surface area (Å²) in [5, 5.41) is 14.0. The normalized spacial score (nSPS) is 10.6. The number of benzene rings is 2. The molecule has 0 bridgehead atoms. The Balaban J connectivity index is 2.27. The fourth-order valence-electron chi connectivity index (χ4n) is 2.74. The van der Waals surface area contributed by atoms with Gasteiger partial charge in [0.2, 0.25) is 11.5 Å². The van der Waals surface area contributed by atoms with Crippen LogP contribution in [0, 0.1) is 0 Å². The van der Waals surface area contributed by atoms with Crippen molar-refractivity contribution >= 4 is 12.1 Å². The number of phenolic OH excluding ortho intramolecular Hbond substituents is 1. The zero-order valence-corrected chi connectivity index (χ0v) is 18.4.